The lowest BCUT2D eigenvalue weighted by Gasteiger charge is -2.31. The Morgan fingerprint density at radius 3 is 2.50 bits per heavy atom. The first-order valence-corrected chi connectivity index (χ1v) is 15.7. The third kappa shape index (κ3) is 6.83. The number of carbonyl (C=O) groups is 1. The number of hydrogen-bond donors (Lipinski definition) is 0. The van der Waals surface area contributed by atoms with Crippen molar-refractivity contribution in [3.05, 3.63) is 47.8 Å². The van der Waals surface area contributed by atoms with Gasteiger partial charge in [-0.1, -0.05) is 43.2 Å². The van der Waals surface area contributed by atoms with E-state index in [4.69, 9.17) is 9.47 Å². The van der Waals surface area contributed by atoms with Gasteiger partial charge in [-0.05, 0) is 31.2 Å². The van der Waals surface area contributed by atoms with Crippen LogP contribution in [0.3, 0.4) is 0 Å². The van der Waals surface area contributed by atoms with Crippen molar-refractivity contribution in [1.82, 2.24) is 19.4 Å². The number of aromatic nitrogens is 2. The summed E-state index contributed by atoms with van der Waals surface area (Å²) in [5.41, 5.74) is 1.48. The van der Waals surface area contributed by atoms with Crippen LogP contribution >= 0.6 is 0 Å². The van der Waals surface area contributed by atoms with Crippen molar-refractivity contribution in [3.63, 3.8) is 0 Å². The maximum Gasteiger partial charge on any atom is 0.228 e. The van der Waals surface area contributed by atoms with Crippen LogP contribution in [-0.4, -0.2) is 85.8 Å². The van der Waals surface area contributed by atoms with Gasteiger partial charge in [0.15, 0.2) is 0 Å². The van der Waals surface area contributed by atoms with Gasteiger partial charge in [0.2, 0.25) is 20.9 Å². The fourth-order valence-corrected chi connectivity index (χ4v) is 7.29. The number of ether oxygens (including phenoxy) is 2. The number of carbonyl (C=O) groups excluding carboxylic acids is 1. The zero-order chi connectivity index (χ0) is 26.4. The predicted octanol–water partition coefficient (Wildman–Crippen LogP) is 2.89. The standard InChI is InChI=1S/C28H40N4O5S/c33-27(24-9-4-5-10-24)31(13-12-30-14-17-36-18-15-30)20-25-19-29-28(32(25)21-26-11-6-16-37-26)38(34,35)22-23-7-2-1-3-8-23/h1-3,7-8,19,24,26H,4-6,9-18,20-22H2/t26-/m0/s1. The zero-order valence-corrected chi connectivity index (χ0v) is 23.0. The van der Waals surface area contributed by atoms with Crippen LogP contribution in [0.4, 0.5) is 0 Å². The van der Waals surface area contributed by atoms with E-state index in [1.54, 1.807) is 10.8 Å². The van der Waals surface area contributed by atoms with Gasteiger partial charge < -0.3 is 18.9 Å². The molecule has 2 aliphatic heterocycles. The molecule has 2 aromatic rings. The predicted molar refractivity (Wildman–Crippen MR) is 143 cm³/mol. The third-order valence-corrected chi connectivity index (χ3v) is 9.54. The number of nitrogens with zero attached hydrogens (tertiary/aromatic N) is 4. The van der Waals surface area contributed by atoms with E-state index < -0.39 is 9.84 Å². The SMILES string of the molecule is O=C(C1CCCC1)N(CCN1CCOCC1)Cc1cnc(S(=O)(=O)Cc2ccccc2)n1C[C@@H]1CCCO1. The van der Waals surface area contributed by atoms with Gasteiger partial charge in [-0.2, -0.15) is 0 Å². The molecule has 9 nitrogen and oxygen atoms in total. The molecular formula is C28H40N4O5S. The lowest BCUT2D eigenvalue weighted by Crippen LogP contribution is -2.44. The Morgan fingerprint density at radius 1 is 1.03 bits per heavy atom. The van der Waals surface area contributed by atoms with E-state index in [1.807, 2.05) is 35.2 Å². The van der Waals surface area contributed by atoms with Gasteiger partial charge in [0.1, 0.15) is 0 Å². The fourth-order valence-electron chi connectivity index (χ4n) is 5.79. The number of morpholine rings is 1. The lowest BCUT2D eigenvalue weighted by atomic mass is 10.1. The number of imidazole rings is 1. The van der Waals surface area contributed by atoms with Gasteiger partial charge in [-0.3, -0.25) is 9.69 Å². The maximum atomic E-state index is 13.6. The molecule has 38 heavy (non-hydrogen) atoms. The molecule has 3 heterocycles. The molecule has 3 aliphatic rings. The summed E-state index contributed by atoms with van der Waals surface area (Å²) in [4.78, 5) is 22.3. The molecule has 1 atom stereocenters. The quantitative estimate of drug-likeness (QED) is 0.429. The van der Waals surface area contributed by atoms with Crippen molar-refractivity contribution in [3.8, 4) is 0 Å². The van der Waals surface area contributed by atoms with Crippen LogP contribution in [0.2, 0.25) is 0 Å². The van der Waals surface area contributed by atoms with Gasteiger partial charge >= 0.3 is 0 Å². The Morgan fingerprint density at radius 2 is 1.79 bits per heavy atom. The van der Waals surface area contributed by atoms with Gasteiger partial charge in [0, 0.05) is 38.7 Å². The van der Waals surface area contributed by atoms with E-state index in [0.717, 1.165) is 69.4 Å². The maximum absolute atomic E-state index is 13.6. The minimum atomic E-state index is -3.70. The van der Waals surface area contributed by atoms with E-state index in [-0.39, 0.29) is 28.8 Å². The van der Waals surface area contributed by atoms with Gasteiger partial charge in [-0.25, -0.2) is 13.4 Å². The summed E-state index contributed by atoms with van der Waals surface area (Å²) in [6, 6.07) is 9.20. The number of amides is 1. The highest BCUT2D eigenvalue weighted by Crippen LogP contribution is 2.28. The first-order chi connectivity index (χ1) is 18.5. The highest BCUT2D eigenvalue weighted by atomic mass is 32.2. The van der Waals surface area contributed by atoms with Crippen molar-refractivity contribution in [1.29, 1.82) is 0 Å². The van der Waals surface area contributed by atoms with E-state index in [9.17, 15) is 13.2 Å². The summed E-state index contributed by atoms with van der Waals surface area (Å²) in [6.07, 6.45) is 7.48. The minimum absolute atomic E-state index is 0.0514. The molecule has 208 valence electrons. The summed E-state index contributed by atoms with van der Waals surface area (Å²) in [5, 5.41) is 0.0632. The molecule has 0 N–H and O–H groups in total. The topological polar surface area (TPSA) is 94.0 Å². The molecule has 10 heteroatoms. The van der Waals surface area contributed by atoms with Crippen molar-refractivity contribution in [2.45, 2.75) is 68.6 Å². The highest BCUT2D eigenvalue weighted by molar-refractivity contribution is 7.90. The van der Waals surface area contributed by atoms with Crippen LogP contribution in [0.15, 0.2) is 41.7 Å². The molecule has 1 aromatic carbocycles. The Kier molecular flexibility index (Phi) is 9.14. The second kappa shape index (κ2) is 12.7. The second-order valence-corrected chi connectivity index (χ2v) is 12.6. The van der Waals surface area contributed by atoms with Gasteiger partial charge in [0.05, 0.1) is 50.1 Å². The molecule has 2 saturated heterocycles. The number of rotatable bonds is 11. The smallest absolute Gasteiger partial charge is 0.228 e. The van der Waals surface area contributed by atoms with Crippen molar-refractivity contribution >= 4 is 15.7 Å². The fraction of sp³-hybridized carbons (Fsp3) is 0.643. The Bertz CT molecular complexity index is 1150. The van der Waals surface area contributed by atoms with Crippen LogP contribution < -0.4 is 0 Å². The highest BCUT2D eigenvalue weighted by Gasteiger charge is 2.31. The molecule has 0 spiro atoms. The summed E-state index contributed by atoms with van der Waals surface area (Å²) in [7, 11) is -3.70. The molecule has 1 aromatic heterocycles. The van der Waals surface area contributed by atoms with E-state index in [0.29, 0.717) is 39.5 Å². The van der Waals surface area contributed by atoms with Crippen LogP contribution in [0.5, 0.6) is 0 Å². The summed E-state index contributed by atoms with van der Waals surface area (Å²) >= 11 is 0. The average Bonchev–Trinajstić information content (AvgIpc) is 3.71. The van der Waals surface area contributed by atoms with Crippen LogP contribution in [0.1, 0.15) is 49.8 Å². The van der Waals surface area contributed by atoms with Crippen molar-refractivity contribution in [2.24, 2.45) is 5.92 Å². The molecule has 1 saturated carbocycles. The van der Waals surface area contributed by atoms with Crippen molar-refractivity contribution < 1.29 is 22.7 Å². The van der Waals surface area contributed by atoms with E-state index in [2.05, 4.69) is 9.88 Å². The van der Waals surface area contributed by atoms with Crippen LogP contribution in [0.25, 0.3) is 0 Å². The average molecular weight is 545 g/mol. The van der Waals surface area contributed by atoms with Gasteiger partial charge in [0.25, 0.3) is 0 Å². The minimum Gasteiger partial charge on any atom is -0.379 e. The number of hydrogen-bond acceptors (Lipinski definition) is 7. The molecular weight excluding hydrogens is 504 g/mol. The molecule has 1 aliphatic carbocycles. The first kappa shape index (κ1) is 27.3. The number of sulfone groups is 1. The summed E-state index contributed by atoms with van der Waals surface area (Å²) < 4.78 is 40.3. The molecule has 3 fully saturated rings. The monoisotopic (exact) mass is 544 g/mol. The summed E-state index contributed by atoms with van der Waals surface area (Å²) in [6.45, 7) is 6.00. The molecule has 0 radical (unpaired) electrons. The van der Waals surface area contributed by atoms with Crippen LogP contribution in [-0.2, 0) is 42.9 Å². The number of benzene rings is 1. The van der Waals surface area contributed by atoms with Crippen LogP contribution in [0, 0.1) is 5.92 Å². The van der Waals surface area contributed by atoms with E-state index in [1.165, 1.54) is 0 Å². The molecule has 5 rings (SSSR count). The third-order valence-electron chi connectivity index (χ3n) is 7.95. The van der Waals surface area contributed by atoms with E-state index >= 15 is 0 Å². The zero-order valence-electron chi connectivity index (χ0n) is 22.2. The Labute approximate surface area is 226 Å². The molecule has 0 unspecified atom stereocenters. The van der Waals surface area contributed by atoms with Crippen molar-refractivity contribution in [2.75, 3.05) is 46.0 Å². The van der Waals surface area contributed by atoms with Gasteiger partial charge in [-0.15, -0.1) is 0 Å². The molecule has 0 bridgehead atoms. The first-order valence-electron chi connectivity index (χ1n) is 14.0. The molecule has 1 amide bonds. The Balaban J connectivity index is 1.40. The normalized spacial score (nSPS) is 21.2. The second-order valence-electron chi connectivity index (χ2n) is 10.7. The Hall–Kier alpha value is -2.27. The lowest BCUT2D eigenvalue weighted by molar-refractivity contribution is -0.136. The largest absolute Gasteiger partial charge is 0.379 e. The summed E-state index contributed by atoms with van der Waals surface area (Å²) in [5.74, 6) is 0.113.